The predicted molar refractivity (Wildman–Crippen MR) is 117 cm³/mol. The van der Waals surface area contributed by atoms with Crippen molar-refractivity contribution in [3.63, 3.8) is 0 Å². The van der Waals surface area contributed by atoms with E-state index in [2.05, 4.69) is 10.6 Å². The maximum atomic E-state index is 13.3. The average Bonchev–Trinajstić information content (AvgIpc) is 3.36. The summed E-state index contributed by atoms with van der Waals surface area (Å²) in [6.07, 6.45) is 0.729. The van der Waals surface area contributed by atoms with E-state index in [-0.39, 0.29) is 5.91 Å². The van der Waals surface area contributed by atoms with Gasteiger partial charge in [0.2, 0.25) is 0 Å². The number of amides is 1. The van der Waals surface area contributed by atoms with Crippen LogP contribution in [0.1, 0.15) is 32.8 Å². The number of aryl methyl sites for hydroxylation is 1. The van der Waals surface area contributed by atoms with Crippen molar-refractivity contribution >= 4 is 46.0 Å². The Morgan fingerprint density at radius 3 is 2.53 bits per heavy atom. The molecule has 2 N–H and O–H groups in total. The molecule has 1 atom stereocenters. The van der Waals surface area contributed by atoms with Gasteiger partial charge in [-0.25, -0.2) is 4.79 Å². The number of carbonyl (C=O) groups excluding carboxylic acids is 2. The van der Waals surface area contributed by atoms with E-state index in [0.717, 1.165) is 29.4 Å². The molecule has 4 rings (SSSR count). The summed E-state index contributed by atoms with van der Waals surface area (Å²) >= 11 is 12.5. The van der Waals surface area contributed by atoms with Gasteiger partial charge in [0.05, 0.1) is 28.3 Å². The number of rotatable bonds is 4. The van der Waals surface area contributed by atoms with Crippen LogP contribution in [0.2, 0.25) is 10.0 Å². The maximum Gasteiger partial charge on any atom is 0.337 e. The molecule has 2 aromatic carbocycles. The zero-order valence-corrected chi connectivity index (χ0v) is 18.1. The van der Waals surface area contributed by atoms with Crippen LogP contribution in [0.4, 0.5) is 0 Å². The van der Waals surface area contributed by atoms with Crippen LogP contribution >= 0.6 is 23.2 Å². The van der Waals surface area contributed by atoms with Gasteiger partial charge in [0.15, 0.2) is 0 Å². The highest BCUT2D eigenvalue weighted by Gasteiger charge is 2.38. The molecular weight excluding hydrogens is 425 g/mol. The summed E-state index contributed by atoms with van der Waals surface area (Å²) in [6, 6.07) is 12.5. The van der Waals surface area contributed by atoms with Crippen LogP contribution < -0.4 is 10.6 Å². The third-order valence-corrected chi connectivity index (χ3v) is 6.53. The lowest BCUT2D eigenvalue weighted by Gasteiger charge is -2.30. The van der Waals surface area contributed by atoms with Crippen molar-refractivity contribution in [2.45, 2.75) is 12.0 Å². The molecule has 0 bridgehead atoms. The number of aromatic nitrogens is 1. The first-order valence-electron chi connectivity index (χ1n) is 9.52. The van der Waals surface area contributed by atoms with Gasteiger partial charge in [0.25, 0.3) is 5.91 Å². The van der Waals surface area contributed by atoms with Crippen molar-refractivity contribution in [2.24, 2.45) is 7.05 Å². The lowest BCUT2D eigenvalue weighted by atomic mass is 9.88. The van der Waals surface area contributed by atoms with Crippen molar-refractivity contribution in [3.05, 3.63) is 69.3 Å². The van der Waals surface area contributed by atoms with E-state index in [1.165, 1.54) is 7.11 Å². The van der Waals surface area contributed by atoms with E-state index in [9.17, 15) is 9.59 Å². The molecule has 1 fully saturated rings. The fourth-order valence-corrected chi connectivity index (χ4v) is 4.39. The Bertz CT molecular complexity index is 1130. The van der Waals surface area contributed by atoms with Gasteiger partial charge in [0.1, 0.15) is 5.69 Å². The molecule has 1 aliphatic rings. The monoisotopic (exact) mass is 445 g/mol. The molecule has 8 heteroatoms. The standard InChI is InChI=1S/C22H21Cl2N3O3/c1-27-17-8-7-16(23)19(24)15(17)11-18(27)20(28)26-22(9-10-25-12-22)14-5-3-13(4-6-14)21(29)30-2/h3-8,11,25H,9-10,12H2,1-2H3,(H,26,28). The van der Waals surface area contributed by atoms with Crippen LogP contribution in [0.3, 0.4) is 0 Å². The fourth-order valence-electron chi connectivity index (χ4n) is 4.01. The van der Waals surface area contributed by atoms with E-state index in [1.807, 2.05) is 29.8 Å². The number of nitrogens with zero attached hydrogens (tertiary/aromatic N) is 1. The molecule has 1 amide bonds. The van der Waals surface area contributed by atoms with Gasteiger partial charge in [-0.3, -0.25) is 4.79 Å². The predicted octanol–water partition coefficient (Wildman–Crippen LogP) is 3.89. The first-order valence-corrected chi connectivity index (χ1v) is 10.3. The number of esters is 1. The van der Waals surface area contributed by atoms with E-state index in [4.69, 9.17) is 27.9 Å². The number of nitrogens with one attached hydrogen (secondary N) is 2. The average molecular weight is 446 g/mol. The lowest BCUT2D eigenvalue weighted by molar-refractivity contribution is 0.0600. The molecule has 1 unspecified atom stereocenters. The topological polar surface area (TPSA) is 72.4 Å². The molecule has 0 radical (unpaired) electrons. The van der Waals surface area contributed by atoms with E-state index in [1.54, 1.807) is 24.3 Å². The van der Waals surface area contributed by atoms with Crippen molar-refractivity contribution in [1.82, 2.24) is 15.2 Å². The van der Waals surface area contributed by atoms with Gasteiger partial charge < -0.3 is 19.9 Å². The van der Waals surface area contributed by atoms with Gasteiger partial charge >= 0.3 is 5.97 Å². The summed E-state index contributed by atoms with van der Waals surface area (Å²) in [7, 11) is 3.17. The molecular formula is C22H21Cl2N3O3. The number of carbonyl (C=O) groups is 2. The number of hydrogen-bond acceptors (Lipinski definition) is 4. The Morgan fingerprint density at radius 1 is 1.17 bits per heavy atom. The lowest BCUT2D eigenvalue weighted by Crippen LogP contribution is -2.47. The number of benzene rings is 2. The minimum atomic E-state index is -0.580. The van der Waals surface area contributed by atoms with Gasteiger partial charge in [-0.15, -0.1) is 0 Å². The quantitative estimate of drug-likeness (QED) is 0.597. The van der Waals surface area contributed by atoms with Gasteiger partial charge in [-0.1, -0.05) is 35.3 Å². The maximum absolute atomic E-state index is 13.3. The van der Waals surface area contributed by atoms with Crippen LogP contribution in [0, 0.1) is 0 Å². The summed E-state index contributed by atoms with van der Waals surface area (Å²) < 4.78 is 6.57. The zero-order valence-electron chi connectivity index (χ0n) is 16.6. The minimum Gasteiger partial charge on any atom is -0.465 e. The SMILES string of the molecule is COC(=O)c1ccc(C2(NC(=O)c3cc4c(Cl)c(Cl)ccc4n3C)CCNC2)cc1. The highest BCUT2D eigenvalue weighted by atomic mass is 35.5. The molecule has 0 saturated carbocycles. The number of hydrogen-bond donors (Lipinski definition) is 2. The van der Waals surface area contributed by atoms with E-state index < -0.39 is 11.5 Å². The highest BCUT2D eigenvalue weighted by Crippen LogP contribution is 2.33. The number of fused-ring (bicyclic) bond motifs is 1. The molecule has 156 valence electrons. The largest absolute Gasteiger partial charge is 0.465 e. The van der Waals surface area contributed by atoms with Crippen molar-refractivity contribution in [1.29, 1.82) is 0 Å². The molecule has 1 saturated heterocycles. The normalized spacial score (nSPS) is 18.5. The van der Waals surface area contributed by atoms with Crippen molar-refractivity contribution < 1.29 is 14.3 Å². The Balaban J connectivity index is 1.68. The summed E-state index contributed by atoms with van der Waals surface area (Å²) in [5.74, 6) is -0.600. The number of halogens is 2. The highest BCUT2D eigenvalue weighted by molar-refractivity contribution is 6.45. The Hall–Kier alpha value is -2.54. The van der Waals surface area contributed by atoms with Crippen LogP contribution in [0.15, 0.2) is 42.5 Å². The van der Waals surface area contributed by atoms with Gasteiger partial charge in [-0.05, 0) is 48.9 Å². The molecule has 2 heterocycles. The molecule has 6 nitrogen and oxygen atoms in total. The Kier molecular flexibility index (Phi) is 5.49. The third kappa shape index (κ3) is 3.45. The van der Waals surface area contributed by atoms with Gasteiger partial charge in [-0.2, -0.15) is 0 Å². The molecule has 1 aliphatic heterocycles. The Labute approximate surface area is 184 Å². The van der Waals surface area contributed by atoms with Gasteiger partial charge in [0, 0.05) is 24.5 Å². The second kappa shape index (κ2) is 7.95. The second-order valence-electron chi connectivity index (χ2n) is 7.41. The zero-order chi connectivity index (χ0) is 21.5. The molecule has 3 aromatic rings. The minimum absolute atomic E-state index is 0.207. The van der Waals surface area contributed by atoms with E-state index in [0.29, 0.717) is 27.8 Å². The van der Waals surface area contributed by atoms with Crippen LogP contribution in [-0.4, -0.2) is 36.6 Å². The van der Waals surface area contributed by atoms with Crippen LogP contribution in [0.25, 0.3) is 10.9 Å². The summed E-state index contributed by atoms with van der Waals surface area (Å²) in [5.41, 5.74) is 2.13. The second-order valence-corrected chi connectivity index (χ2v) is 8.20. The summed E-state index contributed by atoms with van der Waals surface area (Å²) in [6.45, 7) is 1.36. The third-order valence-electron chi connectivity index (χ3n) is 5.71. The number of ether oxygens (including phenoxy) is 1. The molecule has 30 heavy (non-hydrogen) atoms. The molecule has 0 aliphatic carbocycles. The van der Waals surface area contributed by atoms with Crippen molar-refractivity contribution in [2.75, 3.05) is 20.2 Å². The van der Waals surface area contributed by atoms with E-state index >= 15 is 0 Å². The smallest absolute Gasteiger partial charge is 0.337 e. The summed E-state index contributed by atoms with van der Waals surface area (Å²) in [4.78, 5) is 25.0. The first kappa shape index (κ1) is 20.7. The van der Waals surface area contributed by atoms with Crippen LogP contribution in [0.5, 0.6) is 0 Å². The number of methoxy groups -OCH3 is 1. The summed E-state index contributed by atoms with van der Waals surface area (Å²) in [5, 5.41) is 8.14. The fraction of sp³-hybridized carbons (Fsp3) is 0.273. The van der Waals surface area contributed by atoms with Crippen molar-refractivity contribution in [3.8, 4) is 0 Å². The first-order chi connectivity index (χ1) is 14.4. The molecule has 1 aromatic heterocycles. The van der Waals surface area contributed by atoms with Crippen LogP contribution in [-0.2, 0) is 17.3 Å². The Morgan fingerprint density at radius 2 is 1.90 bits per heavy atom. The molecule has 0 spiro atoms.